The number of nitrogens with zero attached hydrogens (tertiary/aromatic N) is 1. The van der Waals surface area contributed by atoms with E-state index in [-0.39, 0.29) is 5.91 Å². The molecule has 0 radical (unpaired) electrons. The van der Waals surface area contributed by atoms with Crippen molar-refractivity contribution in [3.63, 3.8) is 0 Å². The zero-order valence-electron chi connectivity index (χ0n) is 16.8. The molecule has 5 nitrogen and oxygen atoms in total. The number of amides is 1. The van der Waals surface area contributed by atoms with Crippen LogP contribution >= 0.6 is 11.6 Å². The molecule has 6 heteroatoms. The van der Waals surface area contributed by atoms with Crippen molar-refractivity contribution in [2.45, 2.75) is 0 Å². The van der Waals surface area contributed by atoms with Crippen molar-refractivity contribution < 1.29 is 13.6 Å². The number of aromatic nitrogens is 1. The Labute approximate surface area is 189 Å². The number of carbonyl (C=O) groups excluding carboxylic acids is 1. The second-order valence-corrected chi connectivity index (χ2v) is 7.48. The number of carbonyl (C=O) groups is 1. The minimum absolute atomic E-state index is 0.334. The van der Waals surface area contributed by atoms with E-state index in [1.807, 2.05) is 66.7 Å². The van der Waals surface area contributed by atoms with Gasteiger partial charge in [-0.05, 0) is 48.5 Å². The summed E-state index contributed by atoms with van der Waals surface area (Å²) in [4.78, 5) is 17.0. The summed E-state index contributed by atoms with van der Waals surface area (Å²) in [5.41, 5.74) is 3.60. The molecule has 1 N–H and O–H groups in total. The summed E-state index contributed by atoms with van der Waals surface area (Å²) in [5, 5.41) is 3.21. The lowest BCUT2D eigenvalue weighted by Gasteiger charge is -2.06. The molecule has 0 unspecified atom stereocenters. The van der Waals surface area contributed by atoms with Gasteiger partial charge in [0.2, 0.25) is 11.8 Å². The zero-order chi connectivity index (χ0) is 21.9. The smallest absolute Gasteiger partial charge is 0.248 e. The summed E-state index contributed by atoms with van der Waals surface area (Å²) in [6, 6.07) is 26.2. The Morgan fingerprint density at radius 1 is 0.875 bits per heavy atom. The molecule has 0 saturated carbocycles. The van der Waals surface area contributed by atoms with Gasteiger partial charge in [-0.1, -0.05) is 54.1 Å². The number of fused-ring (bicyclic) bond motifs is 1. The van der Waals surface area contributed by atoms with Gasteiger partial charge in [0.1, 0.15) is 17.0 Å². The molecule has 0 aliphatic heterocycles. The highest BCUT2D eigenvalue weighted by Crippen LogP contribution is 2.30. The van der Waals surface area contributed by atoms with Crippen LogP contribution < -0.4 is 5.32 Å². The molecule has 0 fully saturated rings. The Balaban J connectivity index is 1.32. The molecule has 0 aliphatic carbocycles. The van der Waals surface area contributed by atoms with Crippen LogP contribution in [0.15, 0.2) is 99.8 Å². The fourth-order valence-corrected chi connectivity index (χ4v) is 3.45. The third-order valence-electron chi connectivity index (χ3n) is 4.85. The molecule has 0 atom stereocenters. The van der Waals surface area contributed by atoms with E-state index in [4.69, 9.17) is 20.4 Å². The topological polar surface area (TPSA) is 68.3 Å². The van der Waals surface area contributed by atoms with Crippen LogP contribution in [-0.4, -0.2) is 10.9 Å². The van der Waals surface area contributed by atoms with Crippen molar-refractivity contribution in [3.8, 4) is 22.8 Å². The lowest BCUT2D eigenvalue weighted by molar-refractivity contribution is -0.111. The van der Waals surface area contributed by atoms with Gasteiger partial charge in [-0.2, -0.15) is 0 Å². The first-order valence-electron chi connectivity index (χ1n) is 9.95. The number of benzene rings is 3. The van der Waals surface area contributed by atoms with E-state index in [0.29, 0.717) is 33.5 Å². The molecular weight excluding hydrogens is 424 g/mol. The van der Waals surface area contributed by atoms with Gasteiger partial charge in [0.25, 0.3) is 0 Å². The molecular formula is C26H17ClN2O3. The Morgan fingerprint density at radius 2 is 1.69 bits per heavy atom. The first-order chi connectivity index (χ1) is 15.7. The van der Waals surface area contributed by atoms with Crippen LogP contribution in [0.3, 0.4) is 0 Å². The Bertz CT molecular complexity index is 1400. The number of oxazole rings is 1. The maximum Gasteiger partial charge on any atom is 0.248 e. The molecule has 156 valence electrons. The van der Waals surface area contributed by atoms with Crippen molar-refractivity contribution in [2.24, 2.45) is 0 Å². The minimum Gasteiger partial charge on any atom is -0.457 e. The van der Waals surface area contributed by atoms with E-state index in [2.05, 4.69) is 10.3 Å². The van der Waals surface area contributed by atoms with Crippen LogP contribution in [0.1, 0.15) is 5.76 Å². The monoisotopic (exact) mass is 440 g/mol. The van der Waals surface area contributed by atoms with Crippen LogP contribution in [0, 0.1) is 0 Å². The maximum absolute atomic E-state index is 12.5. The number of anilines is 1. The van der Waals surface area contributed by atoms with Gasteiger partial charge in [-0.25, -0.2) is 4.98 Å². The second-order valence-electron chi connectivity index (χ2n) is 7.07. The van der Waals surface area contributed by atoms with Crippen molar-refractivity contribution >= 4 is 40.4 Å². The van der Waals surface area contributed by atoms with Gasteiger partial charge in [-0.15, -0.1) is 0 Å². The lowest BCUT2D eigenvalue weighted by atomic mass is 10.2. The van der Waals surface area contributed by atoms with Crippen molar-refractivity contribution in [2.75, 3.05) is 5.32 Å². The molecule has 0 aliphatic rings. The highest BCUT2D eigenvalue weighted by molar-refractivity contribution is 6.34. The van der Waals surface area contributed by atoms with Crippen LogP contribution in [0.4, 0.5) is 5.69 Å². The van der Waals surface area contributed by atoms with E-state index < -0.39 is 0 Å². The van der Waals surface area contributed by atoms with Crippen molar-refractivity contribution in [1.29, 1.82) is 0 Å². The fraction of sp³-hybridized carbons (Fsp3) is 0. The lowest BCUT2D eigenvalue weighted by Crippen LogP contribution is -2.08. The molecule has 2 heterocycles. The van der Waals surface area contributed by atoms with Crippen molar-refractivity contribution in [3.05, 3.63) is 102 Å². The number of furan rings is 1. The van der Waals surface area contributed by atoms with Gasteiger partial charge in [0.05, 0.1) is 10.7 Å². The molecule has 1 amide bonds. The number of para-hydroxylation sites is 2. The summed E-state index contributed by atoms with van der Waals surface area (Å²) >= 11 is 6.29. The predicted octanol–water partition coefficient (Wildman–Crippen LogP) is 7.06. The molecule has 0 bridgehead atoms. The van der Waals surface area contributed by atoms with Gasteiger partial charge >= 0.3 is 0 Å². The number of hydrogen-bond acceptors (Lipinski definition) is 4. The summed E-state index contributed by atoms with van der Waals surface area (Å²) < 4.78 is 11.6. The van der Waals surface area contributed by atoms with E-state index in [0.717, 1.165) is 16.8 Å². The standard InChI is InChI=1S/C26H17ClN2O3/c27-20-13-10-18(26-29-21-8-4-5-9-24(21)32-26)16-22(20)28-25(30)15-12-19-11-14-23(31-19)17-6-2-1-3-7-17/h1-16H,(H,28,30)/b15-12+. The van der Waals surface area contributed by atoms with E-state index in [9.17, 15) is 4.79 Å². The largest absolute Gasteiger partial charge is 0.457 e. The van der Waals surface area contributed by atoms with E-state index in [1.165, 1.54) is 6.08 Å². The second kappa shape index (κ2) is 8.57. The Kier molecular flexibility index (Phi) is 5.32. The number of hydrogen-bond donors (Lipinski definition) is 1. The third kappa shape index (κ3) is 4.19. The van der Waals surface area contributed by atoms with Crippen LogP contribution in [0.5, 0.6) is 0 Å². The Morgan fingerprint density at radius 3 is 2.53 bits per heavy atom. The number of rotatable bonds is 5. The van der Waals surface area contributed by atoms with E-state index in [1.54, 1.807) is 24.3 Å². The molecule has 5 rings (SSSR count). The van der Waals surface area contributed by atoms with Gasteiger partial charge in [-0.3, -0.25) is 4.79 Å². The minimum atomic E-state index is -0.334. The molecule has 32 heavy (non-hydrogen) atoms. The summed E-state index contributed by atoms with van der Waals surface area (Å²) in [6.45, 7) is 0. The fourth-order valence-electron chi connectivity index (χ4n) is 3.28. The molecule has 2 aromatic heterocycles. The predicted molar refractivity (Wildman–Crippen MR) is 126 cm³/mol. The first-order valence-corrected chi connectivity index (χ1v) is 10.3. The first kappa shape index (κ1) is 19.8. The normalized spacial score (nSPS) is 11.3. The third-order valence-corrected chi connectivity index (χ3v) is 5.18. The van der Waals surface area contributed by atoms with Gasteiger partial charge in [0, 0.05) is 17.2 Å². The maximum atomic E-state index is 12.5. The average molecular weight is 441 g/mol. The molecule has 5 aromatic rings. The van der Waals surface area contributed by atoms with Crippen LogP contribution in [0.2, 0.25) is 5.02 Å². The highest BCUT2D eigenvalue weighted by atomic mass is 35.5. The zero-order valence-corrected chi connectivity index (χ0v) is 17.5. The number of nitrogens with one attached hydrogen (secondary N) is 1. The van der Waals surface area contributed by atoms with Crippen LogP contribution in [-0.2, 0) is 4.79 Å². The Hall–Kier alpha value is -4.09. The summed E-state index contributed by atoms with van der Waals surface area (Å²) in [7, 11) is 0. The summed E-state index contributed by atoms with van der Waals surface area (Å²) in [5.74, 6) is 1.43. The molecule has 3 aromatic carbocycles. The molecule has 0 saturated heterocycles. The van der Waals surface area contributed by atoms with Gasteiger partial charge in [0.15, 0.2) is 5.58 Å². The van der Waals surface area contributed by atoms with E-state index >= 15 is 0 Å². The molecule has 0 spiro atoms. The van der Waals surface area contributed by atoms with Crippen molar-refractivity contribution in [1.82, 2.24) is 4.98 Å². The van der Waals surface area contributed by atoms with Gasteiger partial charge < -0.3 is 14.2 Å². The highest BCUT2D eigenvalue weighted by Gasteiger charge is 2.11. The van der Waals surface area contributed by atoms with Crippen LogP contribution in [0.25, 0.3) is 40.0 Å². The summed E-state index contributed by atoms with van der Waals surface area (Å²) in [6.07, 6.45) is 3.01. The number of halogens is 1. The quantitative estimate of drug-likeness (QED) is 0.297. The SMILES string of the molecule is O=C(/C=C/c1ccc(-c2ccccc2)o1)Nc1cc(-c2nc3ccccc3o2)ccc1Cl. The average Bonchev–Trinajstić information content (AvgIpc) is 3.47.